The van der Waals surface area contributed by atoms with E-state index < -0.39 is 6.10 Å². The van der Waals surface area contributed by atoms with Crippen molar-refractivity contribution < 1.29 is 9.50 Å². The summed E-state index contributed by atoms with van der Waals surface area (Å²) in [7, 11) is 0. The molecule has 1 nitrogen and oxygen atoms in total. The topological polar surface area (TPSA) is 20.2 Å². The fourth-order valence-corrected chi connectivity index (χ4v) is 3.59. The Morgan fingerprint density at radius 3 is 2.44 bits per heavy atom. The maximum absolute atomic E-state index is 12.8. The van der Waals surface area contributed by atoms with Crippen molar-refractivity contribution in [2.45, 2.75) is 31.8 Å². The molecule has 0 spiro atoms. The van der Waals surface area contributed by atoms with Crippen LogP contribution in [-0.4, -0.2) is 5.11 Å². The lowest BCUT2D eigenvalue weighted by Crippen LogP contribution is -2.19. The van der Waals surface area contributed by atoms with E-state index in [0.29, 0.717) is 11.8 Å². The number of halogens is 1. The number of aliphatic hydroxyl groups excluding tert-OH is 1. The summed E-state index contributed by atoms with van der Waals surface area (Å²) in [6.07, 6.45) is 4.67. The highest BCUT2D eigenvalue weighted by molar-refractivity contribution is 5.20. The van der Waals surface area contributed by atoms with Crippen LogP contribution in [0.5, 0.6) is 0 Å². The van der Waals surface area contributed by atoms with Gasteiger partial charge in [-0.25, -0.2) is 4.39 Å². The molecule has 2 heteroatoms. The van der Waals surface area contributed by atoms with Gasteiger partial charge in [-0.3, -0.25) is 0 Å². The van der Waals surface area contributed by atoms with Crippen molar-refractivity contribution in [3.63, 3.8) is 0 Å². The Morgan fingerprint density at radius 2 is 1.88 bits per heavy atom. The summed E-state index contributed by atoms with van der Waals surface area (Å²) in [6, 6.07) is 6.30. The van der Waals surface area contributed by atoms with Crippen LogP contribution in [0.15, 0.2) is 24.3 Å². The Kier molecular flexibility index (Phi) is 2.47. The van der Waals surface area contributed by atoms with Gasteiger partial charge in [0.1, 0.15) is 5.82 Å². The van der Waals surface area contributed by atoms with Crippen molar-refractivity contribution in [2.75, 3.05) is 0 Å². The lowest BCUT2D eigenvalue weighted by atomic mass is 9.82. The summed E-state index contributed by atoms with van der Waals surface area (Å²) < 4.78 is 12.8. The molecule has 4 unspecified atom stereocenters. The van der Waals surface area contributed by atoms with E-state index in [1.165, 1.54) is 31.4 Å². The number of hydrogen-bond donors (Lipinski definition) is 1. The Balaban J connectivity index is 1.77. The molecule has 3 rings (SSSR count). The average molecular weight is 220 g/mol. The van der Waals surface area contributed by atoms with E-state index in [1.807, 2.05) is 0 Å². The molecule has 1 aromatic rings. The van der Waals surface area contributed by atoms with Crippen LogP contribution in [-0.2, 0) is 0 Å². The molecule has 2 saturated carbocycles. The molecule has 4 atom stereocenters. The Morgan fingerprint density at radius 1 is 1.12 bits per heavy atom. The normalized spacial score (nSPS) is 34.2. The van der Waals surface area contributed by atoms with Gasteiger partial charge in [-0.2, -0.15) is 0 Å². The van der Waals surface area contributed by atoms with Crippen molar-refractivity contribution in [3.8, 4) is 0 Å². The molecule has 2 bridgehead atoms. The van der Waals surface area contributed by atoms with Crippen molar-refractivity contribution >= 4 is 0 Å². The maximum Gasteiger partial charge on any atom is 0.123 e. The van der Waals surface area contributed by atoms with Crippen molar-refractivity contribution in [3.05, 3.63) is 35.6 Å². The standard InChI is InChI=1S/C14H17FO/c15-12-5-3-10(4-6-12)14(16)13-8-9-1-2-11(13)7-9/h3-6,9,11,13-14,16H,1-2,7-8H2. The van der Waals surface area contributed by atoms with E-state index in [1.54, 1.807) is 12.1 Å². The van der Waals surface area contributed by atoms with Crippen LogP contribution in [0.2, 0.25) is 0 Å². The van der Waals surface area contributed by atoms with Gasteiger partial charge >= 0.3 is 0 Å². The molecule has 0 aliphatic heterocycles. The van der Waals surface area contributed by atoms with Crippen LogP contribution < -0.4 is 0 Å². The lowest BCUT2D eigenvalue weighted by molar-refractivity contribution is 0.0744. The van der Waals surface area contributed by atoms with Crippen molar-refractivity contribution in [1.29, 1.82) is 0 Å². The molecule has 0 aromatic heterocycles. The summed E-state index contributed by atoms with van der Waals surface area (Å²) in [5.41, 5.74) is 0.874. The van der Waals surface area contributed by atoms with E-state index in [9.17, 15) is 9.50 Å². The molecule has 1 aromatic carbocycles. The molecular formula is C14H17FO. The molecular weight excluding hydrogens is 203 g/mol. The number of hydrogen-bond acceptors (Lipinski definition) is 1. The Hall–Kier alpha value is -0.890. The second-order valence-corrected chi connectivity index (χ2v) is 5.34. The zero-order valence-corrected chi connectivity index (χ0v) is 9.27. The van der Waals surface area contributed by atoms with Crippen LogP contribution >= 0.6 is 0 Å². The predicted molar refractivity (Wildman–Crippen MR) is 60.3 cm³/mol. The molecule has 2 aliphatic rings. The number of fused-ring (bicyclic) bond motifs is 2. The molecule has 1 N–H and O–H groups in total. The Bertz CT molecular complexity index is 373. The zero-order chi connectivity index (χ0) is 11.1. The molecule has 0 amide bonds. The fraction of sp³-hybridized carbons (Fsp3) is 0.571. The SMILES string of the molecule is OC(c1ccc(F)cc1)C1CC2CCC1C2. The third-order valence-electron chi connectivity index (χ3n) is 4.41. The van der Waals surface area contributed by atoms with Gasteiger partial charge in [-0.1, -0.05) is 18.6 Å². The molecule has 16 heavy (non-hydrogen) atoms. The van der Waals surface area contributed by atoms with Gasteiger partial charge in [0.2, 0.25) is 0 Å². The van der Waals surface area contributed by atoms with E-state index in [2.05, 4.69) is 0 Å². The van der Waals surface area contributed by atoms with E-state index in [4.69, 9.17) is 0 Å². The molecule has 0 saturated heterocycles. The molecule has 2 fully saturated rings. The van der Waals surface area contributed by atoms with Gasteiger partial charge in [0, 0.05) is 0 Å². The van der Waals surface area contributed by atoms with Crippen LogP contribution in [0.25, 0.3) is 0 Å². The average Bonchev–Trinajstić information content (AvgIpc) is 2.91. The van der Waals surface area contributed by atoms with Crippen LogP contribution in [0, 0.1) is 23.6 Å². The predicted octanol–water partition coefficient (Wildman–Crippen LogP) is 3.30. The third-order valence-corrected chi connectivity index (χ3v) is 4.41. The maximum atomic E-state index is 12.8. The summed E-state index contributed by atoms with van der Waals surface area (Å²) >= 11 is 0. The molecule has 0 heterocycles. The van der Waals surface area contributed by atoms with Gasteiger partial charge in [0.05, 0.1) is 6.10 Å². The minimum Gasteiger partial charge on any atom is -0.388 e. The van der Waals surface area contributed by atoms with Gasteiger partial charge in [-0.15, -0.1) is 0 Å². The molecule has 0 radical (unpaired) electrons. The summed E-state index contributed by atoms with van der Waals surface area (Å²) in [5, 5.41) is 10.3. The first-order valence-corrected chi connectivity index (χ1v) is 6.17. The van der Waals surface area contributed by atoms with Crippen LogP contribution in [0.1, 0.15) is 37.4 Å². The minimum absolute atomic E-state index is 0.233. The van der Waals surface area contributed by atoms with E-state index >= 15 is 0 Å². The van der Waals surface area contributed by atoms with Gasteiger partial charge in [0.15, 0.2) is 0 Å². The highest BCUT2D eigenvalue weighted by atomic mass is 19.1. The van der Waals surface area contributed by atoms with Gasteiger partial charge in [0.25, 0.3) is 0 Å². The fourth-order valence-electron chi connectivity index (χ4n) is 3.59. The van der Waals surface area contributed by atoms with Crippen LogP contribution in [0.3, 0.4) is 0 Å². The highest BCUT2D eigenvalue weighted by Crippen LogP contribution is 2.52. The summed E-state index contributed by atoms with van der Waals surface area (Å²) in [5.74, 6) is 1.71. The summed E-state index contributed by atoms with van der Waals surface area (Å²) in [6.45, 7) is 0. The van der Waals surface area contributed by atoms with Crippen LogP contribution in [0.4, 0.5) is 4.39 Å². The highest BCUT2D eigenvalue weighted by Gasteiger charge is 2.42. The zero-order valence-electron chi connectivity index (χ0n) is 9.27. The first-order valence-electron chi connectivity index (χ1n) is 6.17. The van der Waals surface area contributed by atoms with Crippen molar-refractivity contribution in [1.82, 2.24) is 0 Å². The van der Waals surface area contributed by atoms with E-state index in [-0.39, 0.29) is 5.82 Å². The summed E-state index contributed by atoms with van der Waals surface area (Å²) in [4.78, 5) is 0. The lowest BCUT2D eigenvalue weighted by Gasteiger charge is -2.27. The molecule has 86 valence electrons. The number of rotatable bonds is 2. The first-order chi connectivity index (χ1) is 7.74. The smallest absolute Gasteiger partial charge is 0.123 e. The third kappa shape index (κ3) is 1.65. The van der Waals surface area contributed by atoms with Gasteiger partial charge in [-0.05, 0) is 54.7 Å². The monoisotopic (exact) mass is 220 g/mol. The van der Waals surface area contributed by atoms with Gasteiger partial charge < -0.3 is 5.11 Å². The quantitative estimate of drug-likeness (QED) is 0.810. The Labute approximate surface area is 95.3 Å². The second kappa shape index (κ2) is 3.85. The largest absolute Gasteiger partial charge is 0.388 e. The molecule has 2 aliphatic carbocycles. The second-order valence-electron chi connectivity index (χ2n) is 5.34. The number of aliphatic hydroxyl groups is 1. The first kappa shape index (κ1) is 10.3. The minimum atomic E-state index is -0.393. The van der Waals surface area contributed by atoms with E-state index in [0.717, 1.165) is 17.9 Å². The number of benzene rings is 1. The van der Waals surface area contributed by atoms with Crippen molar-refractivity contribution in [2.24, 2.45) is 17.8 Å².